The van der Waals surface area contributed by atoms with E-state index in [1.165, 1.54) is 17.2 Å². The molecular formula is C27H38N4O4. The van der Waals surface area contributed by atoms with Crippen molar-refractivity contribution in [3.8, 4) is 0 Å². The summed E-state index contributed by atoms with van der Waals surface area (Å²) in [6.07, 6.45) is 2.30. The van der Waals surface area contributed by atoms with Crippen LogP contribution in [0.5, 0.6) is 0 Å². The van der Waals surface area contributed by atoms with Gasteiger partial charge in [-0.3, -0.25) is 28.4 Å². The van der Waals surface area contributed by atoms with Gasteiger partial charge in [0.1, 0.15) is 11.4 Å². The van der Waals surface area contributed by atoms with Gasteiger partial charge in [0.15, 0.2) is 11.6 Å². The van der Waals surface area contributed by atoms with Gasteiger partial charge < -0.3 is 5.73 Å². The third kappa shape index (κ3) is 6.17. The Hall–Kier alpha value is -3.00. The van der Waals surface area contributed by atoms with Gasteiger partial charge in [0.25, 0.3) is 5.56 Å². The van der Waals surface area contributed by atoms with Crippen LogP contribution in [0.4, 0.5) is 5.82 Å². The minimum atomic E-state index is -0.663. The average molecular weight is 483 g/mol. The van der Waals surface area contributed by atoms with Crippen molar-refractivity contribution < 1.29 is 9.59 Å². The van der Waals surface area contributed by atoms with Gasteiger partial charge in [0.05, 0.1) is 6.54 Å². The van der Waals surface area contributed by atoms with E-state index in [0.717, 1.165) is 16.6 Å². The van der Waals surface area contributed by atoms with Gasteiger partial charge in [0.2, 0.25) is 0 Å². The highest BCUT2D eigenvalue weighted by Gasteiger charge is 2.29. The van der Waals surface area contributed by atoms with Crippen LogP contribution in [-0.4, -0.2) is 45.2 Å². The Labute approximate surface area is 206 Å². The molecule has 8 heteroatoms. The number of benzene rings is 1. The Morgan fingerprint density at radius 3 is 2.14 bits per heavy atom. The Morgan fingerprint density at radius 2 is 1.60 bits per heavy atom. The topological polar surface area (TPSA) is 107 Å². The predicted molar refractivity (Wildman–Crippen MR) is 138 cm³/mol. The van der Waals surface area contributed by atoms with Crippen molar-refractivity contribution in [1.82, 2.24) is 14.0 Å². The van der Waals surface area contributed by atoms with Gasteiger partial charge in [0, 0.05) is 25.1 Å². The first-order valence-corrected chi connectivity index (χ1v) is 12.5. The first-order chi connectivity index (χ1) is 16.5. The molecule has 0 bridgehead atoms. The predicted octanol–water partition coefficient (Wildman–Crippen LogP) is 2.76. The average Bonchev–Trinajstić information content (AvgIpc) is 2.80. The van der Waals surface area contributed by atoms with Gasteiger partial charge >= 0.3 is 5.69 Å². The quantitative estimate of drug-likeness (QED) is 0.551. The van der Waals surface area contributed by atoms with Crippen molar-refractivity contribution in [2.45, 2.75) is 53.5 Å². The summed E-state index contributed by atoms with van der Waals surface area (Å²) in [5.41, 5.74) is 6.79. The van der Waals surface area contributed by atoms with Crippen molar-refractivity contribution in [2.75, 3.05) is 25.4 Å². The number of Topliss-reactive ketones (excluding diaryl/α,β-unsaturated/α-hetero) is 2. The summed E-state index contributed by atoms with van der Waals surface area (Å²) in [6, 6.07) is 7.90. The number of hydrogen-bond acceptors (Lipinski definition) is 6. The lowest BCUT2D eigenvalue weighted by Gasteiger charge is -2.30. The first-order valence-electron chi connectivity index (χ1n) is 12.5. The molecule has 0 saturated carbocycles. The van der Waals surface area contributed by atoms with E-state index >= 15 is 0 Å². The highest BCUT2D eigenvalue weighted by Crippen LogP contribution is 2.23. The van der Waals surface area contributed by atoms with Gasteiger partial charge in [-0.1, -0.05) is 52.0 Å². The van der Waals surface area contributed by atoms with Crippen LogP contribution in [-0.2, 0) is 20.0 Å². The van der Waals surface area contributed by atoms with E-state index in [0.29, 0.717) is 38.4 Å². The Morgan fingerprint density at radius 1 is 1.00 bits per heavy atom. The number of nitrogens with two attached hydrogens (primary N) is 1. The van der Waals surface area contributed by atoms with Crippen LogP contribution in [0, 0.1) is 17.8 Å². The van der Waals surface area contributed by atoms with Crippen molar-refractivity contribution in [1.29, 1.82) is 0 Å². The van der Waals surface area contributed by atoms with Crippen LogP contribution in [0.3, 0.4) is 0 Å². The number of piperidine rings is 1. The molecule has 1 aromatic heterocycles. The summed E-state index contributed by atoms with van der Waals surface area (Å²) in [5.74, 6) is 0.291. The SMILES string of the molecule is CC(C)Cc1ccc(C(=O)C2CCN(CC(=O)c3c(N)n(CC(C)C)c(=O)n(C)c3=O)CC2)cc1. The van der Waals surface area contributed by atoms with Crippen LogP contribution < -0.4 is 17.0 Å². The summed E-state index contributed by atoms with van der Waals surface area (Å²) in [6.45, 7) is 9.74. The maximum Gasteiger partial charge on any atom is 0.332 e. The summed E-state index contributed by atoms with van der Waals surface area (Å²) in [4.78, 5) is 53.2. The second kappa shape index (κ2) is 11.2. The molecule has 1 aromatic carbocycles. The molecule has 1 aliphatic heterocycles. The van der Waals surface area contributed by atoms with E-state index in [1.807, 2.05) is 43.0 Å². The molecule has 1 saturated heterocycles. The molecule has 0 amide bonds. The smallest absolute Gasteiger partial charge is 0.332 e. The number of nitrogens with zero attached hydrogens (tertiary/aromatic N) is 3. The lowest BCUT2D eigenvalue weighted by molar-refractivity contribution is 0.0805. The fourth-order valence-corrected chi connectivity index (χ4v) is 4.73. The minimum absolute atomic E-state index is 0.0319. The van der Waals surface area contributed by atoms with E-state index in [1.54, 1.807) is 0 Å². The molecule has 2 heterocycles. The van der Waals surface area contributed by atoms with E-state index in [-0.39, 0.29) is 35.5 Å². The summed E-state index contributed by atoms with van der Waals surface area (Å²) >= 11 is 0. The van der Waals surface area contributed by atoms with Crippen LogP contribution >= 0.6 is 0 Å². The number of likely N-dealkylation sites (tertiary alicyclic amines) is 1. The van der Waals surface area contributed by atoms with Gasteiger partial charge in [-0.05, 0) is 49.8 Å². The Bertz CT molecular complexity index is 1180. The molecule has 1 fully saturated rings. The summed E-state index contributed by atoms with van der Waals surface area (Å²) in [5, 5.41) is 0. The first kappa shape index (κ1) is 26.6. The fraction of sp³-hybridized carbons (Fsp3) is 0.556. The number of nitrogen functional groups attached to an aromatic ring is 1. The molecule has 8 nitrogen and oxygen atoms in total. The lowest BCUT2D eigenvalue weighted by atomic mass is 9.88. The van der Waals surface area contributed by atoms with Gasteiger partial charge in [-0.15, -0.1) is 0 Å². The Balaban J connectivity index is 1.66. The molecule has 0 spiro atoms. The van der Waals surface area contributed by atoms with Crippen molar-refractivity contribution in [3.05, 3.63) is 61.8 Å². The number of rotatable bonds is 9. The zero-order valence-electron chi connectivity index (χ0n) is 21.5. The standard InChI is InChI=1S/C27H38N4O4/c1-17(2)14-19-6-8-20(9-7-19)24(33)21-10-12-30(13-11-21)16-22(32)23-25(28)31(15-18(3)4)27(35)29(5)26(23)34/h6-9,17-18,21H,10-16,28H2,1-5H3. The van der Waals surface area contributed by atoms with Crippen molar-refractivity contribution >= 4 is 17.4 Å². The zero-order chi connectivity index (χ0) is 25.9. The lowest BCUT2D eigenvalue weighted by Crippen LogP contribution is -2.45. The number of hydrogen-bond donors (Lipinski definition) is 1. The van der Waals surface area contributed by atoms with Crippen LogP contribution in [0.25, 0.3) is 0 Å². The van der Waals surface area contributed by atoms with Crippen LogP contribution in [0.15, 0.2) is 33.9 Å². The highest BCUT2D eigenvalue weighted by molar-refractivity contribution is 6.01. The largest absolute Gasteiger partial charge is 0.384 e. The molecule has 0 unspecified atom stereocenters. The maximum absolute atomic E-state index is 13.1. The van der Waals surface area contributed by atoms with Gasteiger partial charge in [-0.2, -0.15) is 0 Å². The number of ketones is 2. The van der Waals surface area contributed by atoms with E-state index in [2.05, 4.69) is 13.8 Å². The van der Waals surface area contributed by atoms with Gasteiger partial charge in [-0.25, -0.2) is 4.79 Å². The monoisotopic (exact) mass is 482 g/mol. The van der Waals surface area contributed by atoms with Crippen LogP contribution in [0.1, 0.15) is 66.8 Å². The zero-order valence-corrected chi connectivity index (χ0v) is 21.5. The third-order valence-corrected chi connectivity index (χ3v) is 6.62. The Kier molecular flexibility index (Phi) is 8.48. The number of carbonyl (C=O) groups is 2. The number of carbonyl (C=O) groups excluding carboxylic acids is 2. The van der Waals surface area contributed by atoms with E-state index in [9.17, 15) is 19.2 Å². The summed E-state index contributed by atoms with van der Waals surface area (Å²) in [7, 11) is 1.37. The highest BCUT2D eigenvalue weighted by atomic mass is 16.2. The number of aromatic nitrogens is 2. The molecule has 3 rings (SSSR count). The van der Waals surface area contributed by atoms with Crippen LogP contribution in [0.2, 0.25) is 0 Å². The molecule has 35 heavy (non-hydrogen) atoms. The molecule has 2 N–H and O–H groups in total. The van der Waals surface area contributed by atoms with Crippen molar-refractivity contribution in [3.63, 3.8) is 0 Å². The summed E-state index contributed by atoms with van der Waals surface area (Å²) < 4.78 is 2.25. The molecule has 1 aliphatic rings. The molecule has 0 radical (unpaired) electrons. The second-order valence-electron chi connectivity index (χ2n) is 10.5. The normalized spacial score (nSPS) is 15.2. The second-order valence-corrected chi connectivity index (χ2v) is 10.5. The van der Waals surface area contributed by atoms with Crippen molar-refractivity contribution in [2.24, 2.45) is 24.8 Å². The molecule has 0 atom stereocenters. The molecule has 0 aliphatic carbocycles. The fourth-order valence-electron chi connectivity index (χ4n) is 4.73. The minimum Gasteiger partial charge on any atom is -0.384 e. The third-order valence-electron chi connectivity index (χ3n) is 6.62. The molecule has 2 aromatic rings. The van der Waals surface area contributed by atoms with E-state index in [4.69, 9.17) is 5.73 Å². The number of anilines is 1. The molecular weight excluding hydrogens is 444 g/mol. The molecule has 190 valence electrons. The maximum atomic E-state index is 13.1. The van der Waals surface area contributed by atoms with E-state index < -0.39 is 17.0 Å².